The van der Waals surface area contributed by atoms with E-state index < -0.39 is 5.97 Å². The number of pyridine rings is 1. The van der Waals surface area contributed by atoms with Gasteiger partial charge in [0.05, 0.1) is 11.6 Å². The fourth-order valence-electron chi connectivity index (χ4n) is 4.03. The predicted octanol–water partition coefficient (Wildman–Crippen LogP) is 3.78. The van der Waals surface area contributed by atoms with E-state index in [1.165, 1.54) is 0 Å². The van der Waals surface area contributed by atoms with Crippen molar-refractivity contribution in [2.24, 2.45) is 5.92 Å². The van der Waals surface area contributed by atoms with Crippen molar-refractivity contribution in [2.45, 2.75) is 32.7 Å². The van der Waals surface area contributed by atoms with E-state index in [2.05, 4.69) is 15.2 Å². The van der Waals surface area contributed by atoms with Crippen LogP contribution in [0.2, 0.25) is 5.02 Å². The molecule has 0 spiro atoms. The number of nitrogens with zero attached hydrogens (tertiary/aromatic N) is 3. The Bertz CT molecular complexity index is 1100. The Labute approximate surface area is 185 Å². The molecule has 0 radical (unpaired) electrons. The second-order valence-electron chi connectivity index (χ2n) is 7.78. The minimum Gasteiger partial charge on any atom is -0.481 e. The first-order valence-electron chi connectivity index (χ1n) is 10.5. The molecule has 1 fully saturated rings. The fraction of sp³-hybridized carbons (Fsp3) is 0.348. The maximum absolute atomic E-state index is 12.9. The molecule has 4 rings (SSSR count). The Morgan fingerprint density at radius 1 is 1.19 bits per heavy atom. The van der Waals surface area contributed by atoms with E-state index in [-0.39, 0.29) is 11.8 Å². The number of halogens is 1. The number of piperidine rings is 1. The number of rotatable bonds is 6. The van der Waals surface area contributed by atoms with Crippen LogP contribution < -0.4 is 10.2 Å². The van der Waals surface area contributed by atoms with E-state index in [1.54, 1.807) is 22.7 Å². The highest BCUT2D eigenvalue weighted by Gasteiger charge is 2.24. The molecule has 2 N–H and O–H groups in total. The topological polar surface area (TPSA) is 86.9 Å². The lowest BCUT2D eigenvalue weighted by Crippen LogP contribution is -2.36. The van der Waals surface area contributed by atoms with Crippen LogP contribution in [0.5, 0.6) is 0 Å². The number of aryl methyl sites for hydroxylation is 1. The zero-order chi connectivity index (χ0) is 22.0. The third kappa shape index (κ3) is 4.51. The van der Waals surface area contributed by atoms with Gasteiger partial charge in [-0.3, -0.25) is 14.0 Å². The predicted molar refractivity (Wildman–Crippen MR) is 120 cm³/mol. The van der Waals surface area contributed by atoms with E-state index in [4.69, 9.17) is 16.7 Å². The van der Waals surface area contributed by atoms with Gasteiger partial charge in [-0.15, -0.1) is 0 Å². The Kier molecular flexibility index (Phi) is 6.13. The summed E-state index contributed by atoms with van der Waals surface area (Å²) in [6, 6.07) is 11.5. The van der Waals surface area contributed by atoms with Crippen LogP contribution in [-0.4, -0.2) is 39.5 Å². The summed E-state index contributed by atoms with van der Waals surface area (Å²) in [6.07, 6.45) is 3.74. The highest BCUT2D eigenvalue weighted by atomic mass is 35.5. The Morgan fingerprint density at radius 3 is 2.55 bits per heavy atom. The highest BCUT2D eigenvalue weighted by molar-refractivity contribution is 6.30. The van der Waals surface area contributed by atoms with Crippen molar-refractivity contribution < 1.29 is 14.7 Å². The molecule has 1 aliphatic rings. The molecule has 1 saturated heterocycles. The molecule has 2 aromatic heterocycles. The van der Waals surface area contributed by atoms with Crippen LogP contribution in [0.15, 0.2) is 42.6 Å². The van der Waals surface area contributed by atoms with Crippen LogP contribution in [0.1, 0.15) is 41.5 Å². The molecule has 1 amide bonds. The third-order valence-electron chi connectivity index (χ3n) is 5.81. The molecule has 7 nitrogen and oxygen atoms in total. The van der Waals surface area contributed by atoms with Crippen molar-refractivity contribution in [1.82, 2.24) is 14.7 Å². The van der Waals surface area contributed by atoms with E-state index in [0.717, 1.165) is 30.0 Å². The molecule has 8 heteroatoms. The number of hydrogen-bond donors (Lipinski definition) is 2. The van der Waals surface area contributed by atoms with Crippen molar-refractivity contribution in [3.05, 3.63) is 64.6 Å². The van der Waals surface area contributed by atoms with Crippen molar-refractivity contribution in [3.63, 3.8) is 0 Å². The largest absolute Gasteiger partial charge is 0.481 e. The number of carbonyl (C=O) groups excluding carboxylic acids is 1. The van der Waals surface area contributed by atoms with Gasteiger partial charge < -0.3 is 15.3 Å². The standard InChI is InChI=1S/C23H25ClN4O3/c1-2-19-21(28-12-9-17(24)13-20(28)26-19)22(29)25-14-15-3-5-18(6-4-15)27-10-7-16(8-11-27)23(30)31/h3-6,9,12-13,16H,2,7-8,10-11,14H2,1H3,(H,25,29)(H,30,31). The smallest absolute Gasteiger partial charge is 0.306 e. The number of anilines is 1. The number of benzene rings is 1. The number of carboxylic acids is 1. The first-order chi connectivity index (χ1) is 15.0. The van der Waals surface area contributed by atoms with E-state index in [9.17, 15) is 9.59 Å². The lowest BCUT2D eigenvalue weighted by Gasteiger charge is -2.32. The van der Waals surface area contributed by atoms with Crippen LogP contribution in [0, 0.1) is 5.92 Å². The quantitative estimate of drug-likeness (QED) is 0.609. The summed E-state index contributed by atoms with van der Waals surface area (Å²) >= 11 is 6.05. The number of hydrogen-bond acceptors (Lipinski definition) is 4. The molecular weight excluding hydrogens is 416 g/mol. The summed E-state index contributed by atoms with van der Waals surface area (Å²) in [4.78, 5) is 30.7. The van der Waals surface area contributed by atoms with Gasteiger partial charge >= 0.3 is 5.97 Å². The lowest BCUT2D eigenvalue weighted by molar-refractivity contribution is -0.142. The van der Waals surface area contributed by atoms with Gasteiger partial charge in [-0.25, -0.2) is 4.98 Å². The molecular formula is C23H25ClN4O3. The molecule has 0 bridgehead atoms. The van der Waals surface area contributed by atoms with Crippen LogP contribution >= 0.6 is 11.6 Å². The van der Waals surface area contributed by atoms with Gasteiger partial charge in [0, 0.05) is 42.6 Å². The van der Waals surface area contributed by atoms with Crippen molar-refractivity contribution in [3.8, 4) is 0 Å². The second-order valence-corrected chi connectivity index (χ2v) is 8.22. The number of fused-ring (bicyclic) bond motifs is 1. The van der Waals surface area contributed by atoms with Gasteiger partial charge in [-0.05, 0) is 43.0 Å². The molecule has 0 unspecified atom stereocenters. The van der Waals surface area contributed by atoms with E-state index in [1.807, 2.05) is 31.2 Å². The minimum absolute atomic E-state index is 0.175. The first-order valence-corrected chi connectivity index (χ1v) is 10.9. The third-order valence-corrected chi connectivity index (χ3v) is 6.04. The first kappa shape index (κ1) is 21.2. The van der Waals surface area contributed by atoms with Crippen molar-refractivity contribution in [1.29, 1.82) is 0 Å². The lowest BCUT2D eigenvalue weighted by atomic mass is 9.96. The molecule has 162 valence electrons. The summed E-state index contributed by atoms with van der Waals surface area (Å²) in [5, 5.41) is 12.7. The summed E-state index contributed by atoms with van der Waals surface area (Å²) in [7, 11) is 0. The van der Waals surface area contributed by atoms with Crippen LogP contribution in [-0.2, 0) is 17.8 Å². The van der Waals surface area contributed by atoms with Gasteiger partial charge in [-0.2, -0.15) is 0 Å². The SMILES string of the molecule is CCc1nc2cc(Cl)ccn2c1C(=O)NCc1ccc(N2CCC(C(=O)O)CC2)cc1. The zero-order valence-corrected chi connectivity index (χ0v) is 18.1. The number of aliphatic carboxylic acids is 1. The molecule has 3 heterocycles. The van der Waals surface area contributed by atoms with E-state index >= 15 is 0 Å². The highest BCUT2D eigenvalue weighted by Crippen LogP contribution is 2.24. The van der Waals surface area contributed by atoms with Crippen molar-refractivity contribution >= 4 is 34.8 Å². The second kappa shape index (κ2) is 8.98. The van der Waals surface area contributed by atoms with Gasteiger partial charge in [0.1, 0.15) is 11.3 Å². The van der Waals surface area contributed by atoms with Gasteiger partial charge in [0.25, 0.3) is 5.91 Å². The number of aromatic nitrogens is 2. The number of imidazole rings is 1. The molecule has 3 aromatic rings. The molecule has 0 aliphatic carbocycles. The maximum atomic E-state index is 12.9. The monoisotopic (exact) mass is 440 g/mol. The Morgan fingerprint density at radius 2 is 1.90 bits per heavy atom. The Hall–Kier alpha value is -3.06. The molecule has 0 atom stereocenters. The molecule has 0 saturated carbocycles. The summed E-state index contributed by atoms with van der Waals surface area (Å²) in [5.41, 5.74) is 4.00. The maximum Gasteiger partial charge on any atom is 0.306 e. The van der Waals surface area contributed by atoms with Crippen LogP contribution in [0.25, 0.3) is 5.65 Å². The molecule has 1 aromatic carbocycles. The normalized spacial score (nSPS) is 14.7. The number of carboxylic acid groups (broad SMARTS) is 1. The number of amides is 1. The Balaban J connectivity index is 1.40. The number of carbonyl (C=O) groups is 2. The van der Waals surface area contributed by atoms with Crippen molar-refractivity contribution in [2.75, 3.05) is 18.0 Å². The van der Waals surface area contributed by atoms with Crippen LogP contribution in [0.3, 0.4) is 0 Å². The van der Waals surface area contributed by atoms with Crippen LogP contribution in [0.4, 0.5) is 5.69 Å². The summed E-state index contributed by atoms with van der Waals surface area (Å²) in [6.45, 7) is 3.86. The summed E-state index contributed by atoms with van der Waals surface area (Å²) in [5.74, 6) is -1.12. The van der Waals surface area contributed by atoms with Gasteiger partial charge in [0.2, 0.25) is 0 Å². The van der Waals surface area contributed by atoms with E-state index in [0.29, 0.717) is 42.2 Å². The molecule has 1 aliphatic heterocycles. The zero-order valence-electron chi connectivity index (χ0n) is 17.3. The van der Waals surface area contributed by atoms with Gasteiger partial charge in [-0.1, -0.05) is 30.7 Å². The molecule has 31 heavy (non-hydrogen) atoms. The summed E-state index contributed by atoms with van der Waals surface area (Å²) < 4.78 is 1.77. The average Bonchev–Trinajstić information content (AvgIpc) is 3.15. The average molecular weight is 441 g/mol. The minimum atomic E-state index is -0.703. The fourth-order valence-corrected chi connectivity index (χ4v) is 4.18. The number of nitrogens with one attached hydrogen (secondary N) is 1. The van der Waals surface area contributed by atoms with Gasteiger partial charge in [0.15, 0.2) is 0 Å².